The van der Waals surface area contributed by atoms with Gasteiger partial charge >= 0.3 is 0 Å². The van der Waals surface area contributed by atoms with E-state index in [0.717, 1.165) is 30.7 Å². The lowest BCUT2D eigenvalue weighted by atomic mass is 9.91. The first-order chi connectivity index (χ1) is 10.7. The SMILES string of the molecule is CCCCNC(=O)[C@]1(Sc2ccccc2)[C@@H]2C=C[C@@H](C2)[C@H]1Cl. The maximum Gasteiger partial charge on any atom is 0.238 e. The van der Waals surface area contributed by atoms with Crippen molar-refractivity contribution in [2.75, 3.05) is 6.54 Å². The summed E-state index contributed by atoms with van der Waals surface area (Å²) >= 11 is 8.40. The third-order valence-corrected chi connectivity index (χ3v) is 7.04. The second kappa shape index (κ2) is 6.67. The Kier molecular flexibility index (Phi) is 4.84. The van der Waals surface area contributed by atoms with Crippen molar-refractivity contribution >= 4 is 29.3 Å². The van der Waals surface area contributed by atoms with Crippen molar-refractivity contribution in [1.82, 2.24) is 5.32 Å². The van der Waals surface area contributed by atoms with Gasteiger partial charge in [0.2, 0.25) is 5.91 Å². The lowest BCUT2D eigenvalue weighted by molar-refractivity contribution is -0.123. The number of alkyl halides is 1. The van der Waals surface area contributed by atoms with E-state index in [-0.39, 0.29) is 17.2 Å². The molecule has 4 heteroatoms. The van der Waals surface area contributed by atoms with Crippen molar-refractivity contribution < 1.29 is 4.79 Å². The van der Waals surface area contributed by atoms with Crippen LogP contribution in [-0.2, 0) is 4.79 Å². The Morgan fingerprint density at radius 1 is 1.36 bits per heavy atom. The number of hydrogen-bond donors (Lipinski definition) is 1. The largest absolute Gasteiger partial charge is 0.355 e. The van der Waals surface area contributed by atoms with E-state index < -0.39 is 4.75 Å². The van der Waals surface area contributed by atoms with Crippen LogP contribution >= 0.6 is 23.4 Å². The van der Waals surface area contributed by atoms with E-state index in [9.17, 15) is 4.79 Å². The van der Waals surface area contributed by atoms with E-state index in [0.29, 0.717) is 5.92 Å². The summed E-state index contributed by atoms with van der Waals surface area (Å²) in [5.74, 6) is 0.651. The molecule has 1 aromatic rings. The van der Waals surface area contributed by atoms with Crippen molar-refractivity contribution in [3.05, 3.63) is 42.5 Å². The molecule has 0 radical (unpaired) electrons. The minimum atomic E-state index is -0.573. The molecule has 22 heavy (non-hydrogen) atoms. The van der Waals surface area contributed by atoms with Crippen LogP contribution in [0, 0.1) is 11.8 Å². The molecule has 0 saturated heterocycles. The van der Waals surface area contributed by atoms with Crippen molar-refractivity contribution in [2.24, 2.45) is 11.8 Å². The van der Waals surface area contributed by atoms with E-state index in [4.69, 9.17) is 11.6 Å². The molecule has 1 fully saturated rings. The standard InChI is InChI=1S/C18H22ClNOS/c1-2-3-11-20-17(21)18(22-15-7-5-4-6-8-15)14-10-9-13(12-14)16(18)19/h4-10,13-14,16H,2-3,11-12H2,1H3,(H,20,21)/t13-,14+,16+,18-/m0/s1. The van der Waals surface area contributed by atoms with Crippen LogP contribution in [0.3, 0.4) is 0 Å². The number of halogens is 1. The molecule has 0 spiro atoms. The highest BCUT2D eigenvalue weighted by Crippen LogP contribution is 2.57. The van der Waals surface area contributed by atoms with Gasteiger partial charge in [-0.25, -0.2) is 0 Å². The number of allylic oxidation sites excluding steroid dienone is 2. The zero-order valence-electron chi connectivity index (χ0n) is 12.8. The number of nitrogens with one attached hydrogen (secondary N) is 1. The van der Waals surface area contributed by atoms with E-state index in [1.54, 1.807) is 11.8 Å². The molecule has 2 nitrogen and oxygen atoms in total. The summed E-state index contributed by atoms with van der Waals surface area (Å²) in [5.41, 5.74) is 0. The predicted molar refractivity (Wildman–Crippen MR) is 93.3 cm³/mol. The lowest BCUT2D eigenvalue weighted by Crippen LogP contribution is -2.53. The average molecular weight is 336 g/mol. The summed E-state index contributed by atoms with van der Waals surface area (Å²) in [5, 5.41) is 2.98. The summed E-state index contributed by atoms with van der Waals surface area (Å²) in [4.78, 5) is 14.1. The highest BCUT2D eigenvalue weighted by Gasteiger charge is 2.60. The number of rotatable bonds is 6. The third kappa shape index (κ3) is 2.69. The first kappa shape index (κ1) is 15.9. The zero-order valence-corrected chi connectivity index (χ0v) is 14.4. The van der Waals surface area contributed by atoms with Gasteiger partial charge in [0.05, 0.1) is 5.38 Å². The number of hydrogen-bond acceptors (Lipinski definition) is 2. The van der Waals surface area contributed by atoms with Gasteiger partial charge in [0, 0.05) is 17.4 Å². The van der Waals surface area contributed by atoms with E-state index in [1.807, 2.05) is 18.2 Å². The first-order valence-electron chi connectivity index (χ1n) is 8.03. The van der Waals surface area contributed by atoms with Crippen LogP contribution in [0.25, 0.3) is 0 Å². The van der Waals surface area contributed by atoms with Crippen LogP contribution in [0.2, 0.25) is 0 Å². The molecule has 2 bridgehead atoms. The molecule has 2 aliphatic carbocycles. The van der Waals surface area contributed by atoms with Gasteiger partial charge in [-0.2, -0.15) is 0 Å². The molecular formula is C18H22ClNOS. The summed E-state index contributed by atoms with van der Waals surface area (Å²) in [7, 11) is 0. The second-order valence-electron chi connectivity index (χ2n) is 6.11. The van der Waals surface area contributed by atoms with E-state index in [2.05, 4.69) is 36.5 Å². The van der Waals surface area contributed by atoms with Gasteiger partial charge in [-0.1, -0.05) is 43.7 Å². The van der Waals surface area contributed by atoms with Crippen LogP contribution in [0.1, 0.15) is 26.2 Å². The molecule has 2 aliphatic rings. The summed E-state index contributed by atoms with van der Waals surface area (Å²) < 4.78 is -0.573. The fraction of sp³-hybridized carbons (Fsp3) is 0.500. The molecule has 0 heterocycles. The normalized spacial score (nSPS) is 32.4. The number of unbranched alkanes of at least 4 members (excludes halogenated alkanes) is 1. The Morgan fingerprint density at radius 2 is 2.14 bits per heavy atom. The molecule has 1 amide bonds. The van der Waals surface area contributed by atoms with Gasteiger partial charge in [-0.05, 0) is 30.9 Å². The van der Waals surface area contributed by atoms with Crippen LogP contribution < -0.4 is 5.32 Å². The van der Waals surface area contributed by atoms with Crippen molar-refractivity contribution in [3.63, 3.8) is 0 Å². The Hall–Kier alpha value is -0.930. The van der Waals surface area contributed by atoms with Gasteiger partial charge in [0.15, 0.2) is 0 Å². The molecule has 0 unspecified atom stereocenters. The Balaban J connectivity index is 1.86. The van der Waals surface area contributed by atoms with Crippen LogP contribution in [0.15, 0.2) is 47.4 Å². The van der Waals surface area contributed by atoms with Gasteiger partial charge in [-0.3, -0.25) is 4.79 Å². The van der Waals surface area contributed by atoms with Gasteiger partial charge in [-0.15, -0.1) is 23.4 Å². The predicted octanol–water partition coefficient (Wildman–Crippen LogP) is 4.25. The molecule has 3 rings (SSSR count). The lowest BCUT2D eigenvalue weighted by Gasteiger charge is -2.37. The van der Waals surface area contributed by atoms with Gasteiger partial charge < -0.3 is 5.32 Å². The maximum absolute atomic E-state index is 13.0. The monoisotopic (exact) mass is 335 g/mol. The number of thioether (sulfide) groups is 1. The number of amides is 1. The highest BCUT2D eigenvalue weighted by molar-refractivity contribution is 8.01. The topological polar surface area (TPSA) is 29.1 Å². The van der Waals surface area contributed by atoms with Gasteiger partial charge in [0.25, 0.3) is 0 Å². The number of benzene rings is 1. The number of carbonyl (C=O) groups excluding carboxylic acids is 1. The minimum absolute atomic E-state index is 0.103. The minimum Gasteiger partial charge on any atom is -0.355 e. The zero-order chi connectivity index (χ0) is 15.6. The second-order valence-corrected chi connectivity index (χ2v) is 7.93. The first-order valence-corrected chi connectivity index (χ1v) is 9.28. The Morgan fingerprint density at radius 3 is 2.77 bits per heavy atom. The molecule has 1 N–H and O–H groups in total. The smallest absolute Gasteiger partial charge is 0.238 e. The Bertz CT molecular complexity index is 561. The maximum atomic E-state index is 13.0. The van der Waals surface area contributed by atoms with Crippen LogP contribution in [0.5, 0.6) is 0 Å². The van der Waals surface area contributed by atoms with Crippen molar-refractivity contribution in [1.29, 1.82) is 0 Å². The number of carbonyl (C=O) groups is 1. The van der Waals surface area contributed by atoms with E-state index in [1.165, 1.54) is 0 Å². The Labute approximate surface area is 141 Å². The molecule has 4 atom stereocenters. The van der Waals surface area contributed by atoms with Gasteiger partial charge in [0.1, 0.15) is 4.75 Å². The van der Waals surface area contributed by atoms with E-state index >= 15 is 0 Å². The fourth-order valence-corrected chi connectivity index (χ4v) is 5.50. The molecule has 1 aromatic carbocycles. The molecule has 118 valence electrons. The van der Waals surface area contributed by atoms with Crippen LogP contribution in [0.4, 0.5) is 0 Å². The summed E-state index contributed by atoms with van der Waals surface area (Å²) in [6, 6.07) is 10.1. The van der Waals surface area contributed by atoms with Crippen LogP contribution in [-0.4, -0.2) is 22.6 Å². The molecule has 1 saturated carbocycles. The van der Waals surface area contributed by atoms with Crippen molar-refractivity contribution in [2.45, 2.75) is 41.2 Å². The highest BCUT2D eigenvalue weighted by atomic mass is 35.5. The third-order valence-electron chi connectivity index (χ3n) is 4.65. The average Bonchev–Trinajstić information content (AvgIpc) is 3.11. The quantitative estimate of drug-likeness (QED) is 0.478. The molecule has 0 aliphatic heterocycles. The molecular weight excluding hydrogens is 314 g/mol. The molecule has 0 aromatic heterocycles. The summed E-state index contributed by atoms with van der Waals surface area (Å²) in [6.45, 7) is 2.86. The number of fused-ring (bicyclic) bond motifs is 2. The summed E-state index contributed by atoms with van der Waals surface area (Å²) in [6.07, 6.45) is 7.46. The fourth-order valence-electron chi connectivity index (χ4n) is 3.46. The van der Waals surface area contributed by atoms with Crippen molar-refractivity contribution in [3.8, 4) is 0 Å².